The van der Waals surface area contributed by atoms with Crippen LogP contribution in [0, 0.1) is 0 Å². The number of aromatic carboxylic acids is 1. The molecule has 0 fully saturated rings. The van der Waals surface area contributed by atoms with Crippen LogP contribution in [-0.2, 0) is 6.42 Å². The summed E-state index contributed by atoms with van der Waals surface area (Å²) in [4.78, 5) is 10.9. The molecule has 1 heterocycles. The molecule has 0 atom stereocenters. The molecule has 112 valence electrons. The molecule has 0 aliphatic rings. The molecule has 1 N–H and O–H groups in total. The van der Waals surface area contributed by atoms with Gasteiger partial charge in [0.25, 0.3) is 0 Å². The number of hydrogen-bond donors (Lipinski definition) is 1. The highest BCUT2D eigenvalue weighted by atomic mass is 35.5. The number of carbonyl (C=O) groups is 1. The minimum atomic E-state index is -1.16. The molecule has 0 amide bonds. The highest BCUT2D eigenvalue weighted by Crippen LogP contribution is 2.43. The molecule has 6 nitrogen and oxygen atoms in total. The first-order chi connectivity index (χ1) is 10.0. The molecule has 0 saturated heterocycles. The van der Waals surface area contributed by atoms with Crippen LogP contribution >= 0.6 is 11.6 Å². The Bertz CT molecular complexity index is 680. The van der Waals surface area contributed by atoms with Gasteiger partial charge < -0.3 is 19.1 Å². The Hall–Kier alpha value is -2.21. The molecule has 0 bridgehead atoms. The summed E-state index contributed by atoms with van der Waals surface area (Å²) in [6, 6.07) is 2.99. The maximum atomic E-state index is 10.9. The van der Waals surface area contributed by atoms with Crippen LogP contribution in [0.1, 0.15) is 23.0 Å². The van der Waals surface area contributed by atoms with Crippen LogP contribution in [0.5, 0.6) is 11.5 Å². The summed E-state index contributed by atoms with van der Waals surface area (Å²) in [5.41, 5.74) is 1.25. The third kappa shape index (κ3) is 2.67. The van der Waals surface area contributed by atoms with Crippen LogP contribution in [0.2, 0.25) is 5.02 Å². The molecule has 2 rings (SSSR count). The Morgan fingerprint density at radius 2 is 2.00 bits per heavy atom. The maximum absolute atomic E-state index is 10.9. The number of rotatable bonds is 5. The highest BCUT2D eigenvalue weighted by molar-refractivity contribution is 6.32. The lowest BCUT2D eigenvalue weighted by Gasteiger charge is -2.16. The SMILES string of the molecule is CCc1c(-c2cc(C(=O)O)no2)cc(Cl)c(OC)c1OC. The minimum Gasteiger partial charge on any atom is -0.492 e. The van der Waals surface area contributed by atoms with Gasteiger partial charge in [0.15, 0.2) is 23.0 Å². The summed E-state index contributed by atoms with van der Waals surface area (Å²) in [5.74, 6) is 0.0789. The van der Waals surface area contributed by atoms with Crippen molar-refractivity contribution >= 4 is 17.6 Å². The van der Waals surface area contributed by atoms with E-state index in [2.05, 4.69) is 5.16 Å². The van der Waals surface area contributed by atoms with Gasteiger partial charge in [-0.05, 0) is 12.5 Å². The molecule has 0 spiro atoms. The van der Waals surface area contributed by atoms with Crippen LogP contribution in [-0.4, -0.2) is 30.5 Å². The smallest absolute Gasteiger partial charge is 0.358 e. The topological polar surface area (TPSA) is 81.8 Å². The second-order valence-electron chi connectivity index (χ2n) is 4.19. The molecule has 2 aromatic rings. The van der Waals surface area contributed by atoms with E-state index in [0.29, 0.717) is 34.3 Å². The van der Waals surface area contributed by atoms with Gasteiger partial charge in [0.2, 0.25) is 0 Å². The van der Waals surface area contributed by atoms with Gasteiger partial charge in [0.05, 0.1) is 19.2 Å². The first kappa shape index (κ1) is 15.2. The van der Waals surface area contributed by atoms with E-state index in [1.807, 2.05) is 6.92 Å². The molecule has 0 saturated carbocycles. The number of ether oxygens (including phenoxy) is 2. The maximum Gasteiger partial charge on any atom is 0.358 e. The largest absolute Gasteiger partial charge is 0.492 e. The number of carboxylic acid groups (broad SMARTS) is 1. The first-order valence-electron chi connectivity index (χ1n) is 6.17. The number of benzene rings is 1. The lowest BCUT2D eigenvalue weighted by molar-refractivity contribution is 0.0686. The molecule has 1 aromatic carbocycles. The molecule has 0 radical (unpaired) electrons. The van der Waals surface area contributed by atoms with Crippen molar-refractivity contribution in [3.63, 3.8) is 0 Å². The van der Waals surface area contributed by atoms with Crippen molar-refractivity contribution in [2.75, 3.05) is 14.2 Å². The van der Waals surface area contributed by atoms with E-state index in [1.165, 1.54) is 20.3 Å². The monoisotopic (exact) mass is 311 g/mol. The summed E-state index contributed by atoms with van der Waals surface area (Å²) in [7, 11) is 3.01. The van der Waals surface area contributed by atoms with Crippen molar-refractivity contribution in [1.82, 2.24) is 5.16 Å². The molecule has 1 aromatic heterocycles. The minimum absolute atomic E-state index is 0.169. The Labute approximate surface area is 126 Å². The lowest BCUT2D eigenvalue weighted by atomic mass is 10.0. The second kappa shape index (κ2) is 6.05. The standard InChI is InChI=1S/C14H14ClNO5/c1-4-7-8(11-6-10(14(17)18)16-21-11)5-9(15)13(20-3)12(7)19-2/h5-6H,4H2,1-3H3,(H,17,18). The zero-order chi connectivity index (χ0) is 15.6. The van der Waals surface area contributed by atoms with Crippen LogP contribution in [0.25, 0.3) is 11.3 Å². The Balaban J connectivity index is 2.67. The van der Waals surface area contributed by atoms with E-state index in [-0.39, 0.29) is 5.69 Å². The van der Waals surface area contributed by atoms with E-state index in [4.69, 9.17) is 30.7 Å². The van der Waals surface area contributed by atoms with Crippen LogP contribution < -0.4 is 9.47 Å². The molecular formula is C14H14ClNO5. The zero-order valence-electron chi connectivity index (χ0n) is 11.8. The third-order valence-electron chi connectivity index (χ3n) is 3.05. The summed E-state index contributed by atoms with van der Waals surface area (Å²) in [6.45, 7) is 1.93. The fourth-order valence-electron chi connectivity index (χ4n) is 2.13. The van der Waals surface area contributed by atoms with Crippen molar-refractivity contribution < 1.29 is 23.9 Å². The molecule has 7 heteroatoms. The number of aromatic nitrogens is 1. The van der Waals surface area contributed by atoms with Gasteiger partial charge in [-0.3, -0.25) is 0 Å². The van der Waals surface area contributed by atoms with Crippen molar-refractivity contribution in [2.24, 2.45) is 0 Å². The molecule has 0 aliphatic carbocycles. The Kier molecular flexibility index (Phi) is 4.37. The van der Waals surface area contributed by atoms with E-state index in [1.54, 1.807) is 6.07 Å². The average Bonchev–Trinajstić information content (AvgIpc) is 2.95. The van der Waals surface area contributed by atoms with E-state index in [9.17, 15) is 4.79 Å². The number of nitrogens with zero attached hydrogens (tertiary/aromatic N) is 1. The van der Waals surface area contributed by atoms with Gasteiger partial charge in [-0.15, -0.1) is 0 Å². The highest BCUT2D eigenvalue weighted by Gasteiger charge is 2.22. The van der Waals surface area contributed by atoms with Crippen molar-refractivity contribution in [3.8, 4) is 22.8 Å². The van der Waals surface area contributed by atoms with Gasteiger partial charge in [0.1, 0.15) is 0 Å². The lowest BCUT2D eigenvalue weighted by Crippen LogP contribution is -1.99. The van der Waals surface area contributed by atoms with Crippen molar-refractivity contribution in [2.45, 2.75) is 13.3 Å². The molecule has 21 heavy (non-hydrogen) atoms. The van der Waals surface area contributed by atoms with E-state index in [0.717, 1.165) is 5.56 Å². The normalized spacial score (nSPS) is 10.5. The Morgan fingerprint density at radius 3 is 2.48 bits per heavy atom. The van der Waals surface area contributed by atoms with Crippen molar-refractivity contribution in [3.05, 3.63) is 28.4 Å². The number of carboxylic acids is 1. The van der Waals surface area contributed by atoms with Crippen molar-refractivity contribution in [1.29, 1.82) is 0 Å². The van der Waals surface area contributed by atoms with Crippen LogP contribution in [0.15, 0.2) is 16.7 Å². The van der Waals surface area contributed by atoms with E-state index < -0.39 is 5.97 Å². The fourth-order valence-corrected chi connectivity index (χ4v) is 2.40. The van der Waals surface area contributed by atoms with Gasteiger partial charge in [-0.1, -0.05) is 23.7 Å². The fraction of sp³-hybridized carbons (Fsp3) is 0.286. The molecule has 0 unspecified atom stereocenters. The zero-order valence-corrected chi connectivity index (χ0v) is 12.5. The molecule has 0 aliphatic heterocycles. The summed E-state index contributed by atoms with van der Waals surface area (Å²) >= 11 is 6.18. The van der Waals surface area contributed by atoms with Crippen LogP contribution in [0.3, 0.4) is 0 Å². The predicted octanol–water partition coefficient (Wildman–Crippen LogP) is 3.27. The Morgan fingerprint density at radius 1 is 1.33 bits per heavy atom. The number of hydrogen-bond acceptors (Lipinski definition) is 5. The first-order valence-corrected chi connectivity index (χ1v) is 6.55. The summed E-state index contributed by atoms with van der Waals surface area (Å²) < 4.78 is 15.7. The van der Waals surface area contributed by atoms with Crippen LogP contribution in [0.4, 0.5) is 0 Å². The summed E-state index contributed by atoms with van der Waals surface area (Å²) in [6.07, 6.45) is 0.620. The number of halogens is 1. The van der Waals surface area contributed by atoms with Gasteiger partial charge in [-0.2, -0.15) is 0 Å². The molecular weight excluding hydrogens is 298 g/mol. The van der Waals surface area contributed by atoms with Gasteiger partial charge in [-0.25, -0.2) is 4.79 Å². The van der Waals surface area contributed by atoms with Gasteiger partial charge in [0, 0.05) is 17.2 Å². The van der Waals surface area contributed by atoms with E-state index >= 15 is 0 Å². The predicted molar refractivity (Wildman–Crippen MR) is 76.4 cm³/mol. The van der Waals surface area contributed by atoms with Gasteiger partial charge >= 0.3 is 5.97 Å². The third-order valence-corrected chi connectivity index (χ3v) is 3.33. The number of methoxy groups -OCH3 is 2. The summed E-state index contributed by atoms with van der Waals surface area (Å²) in [5, 5.41) is 12.8. The average molecular weight is 312 g/mol. The quantitative estimate of drug-likeness (QED) is 0.912. The second-order valence-corrected chi connectivity index (χ2v) is 4.59.